The lowest BCUT2D eigenvalue weighted by Crippen LogP contribution is -2.53. The number of hydrogen-bond acceptors (Lipinski definition) is 3. The van der Waals surface area contributed by atoms with Gasteiger partial charge in [0.1, 0.15) is 12.6 Å². The number of piperidine rings is 1. The Labute approximate surface area is 116 Å². The van der Waals surface area contributed by atoms with E-state index in [9.17, 15) is 18.0 Å². The van der Waals surface area contributed by atoms with E-state index in [4.69, 9.17) is 4.74 Å². The Kier molecular flexibility index (Phi) is 5.26. The second-order valence-electron chi connectivity index (χ2n) is 5.42. The Morgan fingerprint density at radius 3 is 2.45 bits per heavy atom. The van der Waals surface area contributed by atoms with Crippen molar-refractivity contribution < 1.29 is 22.7 Å². The summed E-state index contributed by atoms with van der Waals surface area (Å²) in [6.45, 7) is 0.592. The predicted molar refractivity (Wildman–Crippen MR) is 67.3 cm³/mol. The molecule has 1 atom stereocenters. The summed E-state index contributed by atoms with van der Waals surface area (Å²) in [6, 6.07) is -0.337. The number of hydrogen-bond donors (Lipinski definition) is 1. The zero-order chi connectivity index (χ0) is 14.6. The molecule has 7 heteroatoms. The van der Waals surface area contributed by atoms with Crippen LogP contribution in [0, 0.1) is 0 Å². The number of nitrogens with one attached hydrogen (secondary N) is 1. The molecule has 2 rings (SSSR count). The van der Waals surface area contributed by atoms with E-state index in [1.54, 1.807) is 0 Å². The van der Waals surface area contributed by atoms with Gasteiger partial charge in [0, 0.05) is 12.6 Å². The monoisotopic (exact) mass is 294 g/mol. The first-order valence-corrected chi connectivity index (χ1v) is 7.17. The van der Waals surface area contributed by atoms with E-state index in [-0.39, 0.29) is 6.04 Å². The number of nitrogens with zero attached hydrogens (tertiary/aromatic N) is 1. The first-order valence-electron chi connectivity index (χ1n) is 7.17. The molecule has 0 aromatic heterocycles. The average molecular weight is 294 g/mol. The smallest absolute Gasteiger partial charge is 0.368 e. The third-order valence-corrected chi connectivity index (χ3v) is 3.84. The first-order chi connectivity index (χ1) is 9.47. The molecule has 2 heterocycles. The Bertz CT molecular complexity index is 324. The number of alkyl halides is 3. The van der Waals surface area contributed by atoms with E-state index in [2.05, 4.69) is 5.32 Å². The van der Waals surface area contributed by atoms with Gasteiger partial charge in [-0.3, -0.25) is 4.79 Å². The van der Waals surface area contributed by atoms with Crippen LogP contribution in [0.25, 0.3) is 0 Å². The predicted octanol–water partition coefficient (Wildman–Crippen LogP) is 1.70. The summed E-state index contributed by atoms with van der Waals surface area (Å²) >= 11 is 0. The molecule has 1 unspecified atom stereocenters. The molecule has 2 aliphatic heterocycles. The molecule has 4 nitrogen and oxygen atoms in total. The molecule has 0 saturated carbocycles. The van der Waals surface area contributed by atoms with E-state index >= 15 is 0 Å². The van der Waals surface area contributed by atoms with E-state index < -0.39 is 24.7 Å². The van der Waals surface area contributed by atoms with Crippen molar-refractivity contribution in [1.82, 2.24) is 10.2 Å². The van der Waals surface area contributed by atoms with Crippen molar-refractivity contribution in [2.45, 2.75) is 50.4 Å². The fourth-order valence-electron chi connectivity index (χ4n) is 2.82. The summed E-state index contributed by atoms with van der Waals surface area (Å²) in [5.41, 5.74) is 0. The van der Waals surface area contributed by atoms with Gasteiger partial charge < -0.3 is 15.0 Å². The summed E-state index contributed by atoms with van der Waals surface area (Å²) in [4.78, 5) is 13.4. The molecule has 0 aromatic carbocycles. The van der Waals surface area contributed by atoms with Crippen LogP contribution in [0.4, 0.5) is 13.2 Å². The van der Waals surface area contributed by atoms with Crippen molar-refractivity contribution in [2.75, 3.05) is 26.2 Å². The van der Waals surface area contributed by atoms with Crippen molar-refractivity contribution in [3.05, 3.63) is 0 Å². The molecular weight excluding hydrogens is 273 g/mol. The molecule has 20 heavy (non-hydrogen) atoms. The molecule has 0 aromatic rings. The van der Waals surface area contributed by atoms with Gasteiger partial charge in [-0.2, -0.15) is 13.2 Å². The first kappa shape index (κ1) is 15.6. The number of ether oxygens (including phenoxy) is 1. The SMILES string of the molecule is O=C(C1CCCCO1)N(CC(F)(F)F)C1CCNCC1. The molecule has 1 N–H and O–H groups in total. The largest absolute Gasteiger partial charge is 0.406 e. The molecular formula is C13H21F3N2O2. The minimum absolute atomic E-state index is 0.337. The summed E-state index contributed by atoms with van der Waals surface area (Å²) in [5, 5.41) is 3.10. The van der Waals surface area contributed by atoms with Crippen LogP contribution in [0.5, 0.6) is 0 Å². The lowest BCUT2D eigenvalue weighted by atomic mass is 10.0. The average Bonchev–Trinajstić information content (AvgIpc) is 2.45. The molecule has 2 saturated heterocycles. The normalized spacial score (nSPS) is 25.4. The maximum absolute atomic E-state index is 12.7. The lowest BCUT2D eigenvalue weighted by molar-refractivity contribution is -0.175. The third-order valence-electron chi connectivity index (χ3n) is 3.84. The molecule has 2 fully saturated rings. The van der Waals surface area contributed by atoms with Crippen LogP contribution in [0.2, 0.25) is 0 Å². The minimum Gasteiger partial charge on any atom is -0.368 e. The molecule has 0 bridgehead atoms. The Hall–Kier alpha value is -0.820. The fraction of sp³-hybridized carbons (Fsp3) is 0.923. The standard InChI is InChI=1S/C13H21F3N2O2/c14-13(15,16)9-18(10-4-6-17-7-5-10)12(19)11-3-1-2-8-20-11/h10-11,17H,1-9H2. The Balaban J connectivity index is 2.05. The van der Waals surface area contributed by atoms with Crippen molar-refractivity contribution in [1.29, 1.82) is 0 Å². The number of amides is 1. The summed E-state index contributed by atoms with van der Waals surface area (Å²) < 4.78 is 43.6. The Morgan fingerprint density at radius 2 is 1.90 bits per heavy atom. The number of carbonyl (C=O) groups excluding carboxylic acids is 1. The van der Waals surface area contributed by atoms with Gasteiger partial charge in [-0.05, 0) is 45.2 Å². The maximum atomic E-state index is 12.7. The van der Waals surface area contributed by atoms with E-state index in [0.29, 0.717) is 39.0 Å². The van der Waals surface area contributed by atoms with Gasteiger partial charge in [0.25, 0.3) is 5.91 Å². The van der Waals surface area contributed by atoms with Gasteiger partial charge in [-0.15, -0.1) is 0 Å². The minimum atomic E-state index is -4.37. The van der Waals surface area contributed by atoms with Crippen LogP contribution in [-0.2, 0) is 9.53 Å². The highest BCUT2D eigenvalue weighted by atomic mass is 19.4. The highest BCUT2D eigenvalue weighted by Crippen LogP contribution is 2.24. The molecule has 0 aliphatic carbocycles. The van der Waals surface area contributed by atoms with Gasteiger partial charge in [-0.1, -0.05) is 0 Å². The van der Waals surface area contributed by atoms with Gasteiger partial charge in [0.05, 0.1) is 0 Å². The summed E-state index contributed by atoms with van der Waals surface area (Å²) in [6.07, 6.45) is -1.70. The van der Waals surface area contributed by atoms with Crippen LogP contribution in [0.3, 0.4) is 0 Å². The Morgan fingerprint density at radius 1 is 1.20 bits per heavy atom. The zero-order valence-electron chi connectivity index (χ0n) is 11.4. The maximum Gasteiger partial charge on any atom is 0.406 e. The van der Waals surface area contributed by atoms with Crippen LogP contribution in [0.1, 0.15) is 32.1 Å². The third kappa shape index (κ3) is 4.34. The van der Waals surface area contributed by atoms with Crippen LogP contribution < -0.4 is 5.32 Å². The summed E-state index contributed by atoms with van der Waals surface area (Å²) in [7, 11) is 0. The highest BCUT2D eigenvalue weighted by Gasteiger charge is 2.39. The van der Waals surface area contributed by atoms with Crippen LogP contribution in [-0.4, -0.2) is 55.4 Å². The molecule has 0 radical (unpaired) electrons. The molecule has 2 aliphatic rings. The van der Waals surface area contributed by atoms with Crippen molar-refractivity contribution in [2.24, 2.45) is 0 Å². The van der Waals surface area contributed by atoms with Gasteiger partial charge in [0.15, 0.2) is 0 Å². The van der Waals surface area contributed by atoms with E-state index in [1.165, 1.54) is 0 Å². The summed E-state index contributed by atoms with van der Waals surface area (Å²) in [5.74, 6) is -0.492. The number of rotatable bonds is 3. The van der Waals surface area contributed by atoms with Gasteiger partial charge >= 0.3 is 6.18 Å². The van der Waals surface area contributed by atoms with Crippen molar-refractivity contribution in [3.8, 4) is 0 Å². The van der Waals surface area contributed by atoms with Crippen LogP contribution >= 0.6 is 0 Å². The number of carbonyl (C=O) groups is 1. The van der Waals surface area contributed by atoms with Gasteiger partial charge in [0.2, 0.25) is 0 Å². The van der Waals surface area contributed by atoms with E-state index in [1.807, 2.05) is 0 Å². The number of halogens is 3. The zero-order valence-corrected chi connectivity index (χ0v) is 11.4. The quantitative estimate of drug-likeness (QED) is 0.861. The second kappa shape index (κ2) is 6.76. The van der Waals surface area contributed by atoms with Crippen molar-refractivity contribution >= 4 is 5.91 Å². The van der Waals surface area contributed by atoms with Gasteiger partial charge in [-0.25, -0.2) is 0 Å². The molecule has 1 amide bonds. The highest BCUT2D eigenvalue weighted by molar-refractivity contribution is 5.81. The fourth-order valence-corrected chi connectivity index (χ4v) is 2.82. The van der Waals surface area contributed by atoms with E-state index in [0.717, 1.165) is 17.7 Å². The van der Waals surface area contributed by atoms with Crippen molar-refractivity contribution in [3.63, 3.8) is 0 Å². The second-order valence-corrected chi connectivity index (χ2v) is 5.42. The molecule has 0 spiro atoms. The molecule has 116 valence electrons. The van der Waals surface area contributed by atoms with Crippen LogP contribution in [0.15, 0.2) is 0 Å². The lowest BCUT2D eigenvalue weighted by Gasteiger charge is -2.37. The topological polar surface area (TPSA) is 41.6 Å².